The number of hydrogen-bond donors (Lipinski definition) is 1. The van der Waals surface area contributed by atoms with E-state index < -0.39 is 23.7 Å². The number of aliphatic hydroxyl groups is 1. The van der Waals surface area contributed by atoms with E-state index in [1.54, 1.807) is 25.1 Å². The predicted octanol–water partition coefficient (Wildman–Crippen LogP) is 5.79. The van der Waals surface area contributed by atoms with Crippen LogP contribution < -0.4 is 14.4 Å². The molecule has 1 atom stereocenters. The molecule has 0 saturated carbocycles. The number of hydrogen-bond acceptors (Lipinski definition) is 10. The molecule has 0 spiro atoms. The molecule has 0 radical (unpaired) electrons. The van der Waals surface area contributed by atoms with Crippen LogP contribution in [0.1, 0.15) is 45.0 Å². The van der Waals surface area contributed by atoms with Crippen LogP contribution in [0.5, 0.6) is 11.5 Å². The summed E-state index contributed by atoms with van der Waals surface area (Å²) < 4.78 is 17.1. The van der Waals surface area contributed by atoms with Crippen molar-refractivity contribution in [1.29, 1.82) is 0 Å². The number of carbonyl (C=O) groups is 3. The van der Waals surface area contributed by atoms with E-state index in [1.807, 2.05) is 37.3 Å². The summed E-state index contributed by atoms with van der Waals surface area (Å²) in [5.41, 5.74) is 1.91. The molecule has 1 amide bonds. The maximum Gasteiger partial charge on any atom is 0.350 e. The van der Waals surface area contributed by atoms with Crippen molar-refractivity contribution in [3.05, 3.63) is 119 Å². The van der Waals surface area contributed by atoms with E-state index in [0.29, 0.717) is 41.5 Å². The number of esters is 1. The molecule has 1 fully saturated rings. The second-order valence-corrected chi connectivity index (χ2v) is 10.6. The summed E-state index contributed by atoms with van der Waals surface area (Å²) in [6.07, 6.45) is 4.38. The third kappa shape index (κ3) is 6.09. The second kappa shape index (κ2) is 13.3. The molecule has 1 N–H and O–H groups in total. The van der Waals surface area contributed by atoms with E-state index in [0.717, 1.165) is 16.9 Å². The van der Waals surface area contributed by atoms with Gasteiger partial charge in [-0.1, -0.05) is 60.4 Å². The van der Waals surface area contributed by atoms with Crippen molar-refractivity contribution in [1.82, 2.24) is 9.97 Å². The van der Waals surface area contributed by atoms with Crippen LogP contribution in [0.15, 0.2) is 91.3 Å². The second-order valence-electron chi connectivity index (χ2n) is 9.62. The Kier molecular flexibility index (Phi) is 9.15. The number of ether oxygens (including phenoxy) is 3. The fourth-order valence-corrected chi connectivity index (χ4v) is 5.69. The van der Waals surface area contributed by atoms with Gasteiger partial charge in [0, 0.05) is 18.0 Å². The number of aliphatic hydroxyl groups excluding tert-OH is 1. The number of nitrogens with zero attached hydrogens (tertiary/aromatic N) is 3. The molecular formula is C33H29N3O7S. The summed E-state index contributed by atoms with van der Waals surface area (Å²) in [5, 5.41) is 11.5. The van der Waals surface area contributed by atoms with Gasteiger partial charge in [-0.2, -0.15) is 0 Å². The lowest BCUT2D eigenvalue weighted by atomic mass is 9.95. The van der Waals surface area contributed by atoms with Crippen molar-refractivity contribution in [3.63, 3.8) is 0 Å². The van der Waals surface area contributed by atoms with E-state index in [-0.39, 0.29) is 27.9 Å². The lowest BCUT2D eigenvalue weighted by molar-refractivity contribution is -0.132. The van der Waals surface area contributed by atoms with Gasteiger partial charge in [-0.25, -0.2) is 9.78 Å². The first-order chi connectivity index (χ1) is 21.3. The van der Waals surface area contributed by atoms with Crippen molar-refractivity contribution >= 4 is 39.9 Å². The molecule has 10 nitrogen and oxygen atoms in total. The van der Waals surface area contributed by atoms with Crippen molar-refractivity contribution in [3.8, 4) is 11.5 Å². The Morgan fingerprint density at radius 3 is 2.52 bits per heavy atom. The van der Waals surface area contributed by atoms with Crippen LogP contribution in [-0.4, -0.2) is 45.9 Å². The zero-order valence-corrected chi connectivity index (χ0v) is 24.9. The molecule has 224 valence electrons. The predicted molar refractivity (Wildman–Crippen MR) is 165 cm³/mol. The first-order valence-electron chi connectivity index (χ1n) is 13.7. The smallest absolute Gasteiger partial charge is 0.350 e. The van der Waals surface area contributed by atoms with Gasteiger partial charge < -0.3 is 19.3 Å². The number of thiazole rings is 1. The van der Waals surface area contributed by atoms with Crippen molar-refractivity contribution in [2.24, 2.45) is 0 Å². The largest absolute Gasteiger partial charge is 0.507 e. The number of rotatable bonds is 11. The number of pyridine rings is 1. The highest BCUT2D eigenvalue weighted by molar-refractivity contribution is 7.17. The van der Waals surface area contributed by atoms with Gasteiger partial charge in [0.15, 0.2) is 16.6 Å². The standard InChI is InChI=1S/C33H29N3O7S/c1-4-17-42-32(40)30-20(3)35-33(44-30)36-27(26(29(38)31(36)39)28(37)22-13-15-34-16-14-22)23-11-12-24(25(18-23)41-5-2)43-19-21-9-7-6-8-10-21/h4,6-16,18,27,37H,1,5,17,19H2,2-3H3/b28-26+. The van der Waals surface area contributed by atoms with Gasteiger partial charge >= 0.3 is 11.9 Å². The molecule has 1 aliphatic rings. The maximum absolute atomic E-state index is 13.6. The van der Waals surface area contributed by atoms with Crippen molar-refractivity contribution in [2.45, 2.75) is 26.5 Å². The van der Waals surface area contributed by atoms with Crippen LogP contribution in [0.25, 0.3) is 5.76 Å². The number of aryl methyl sites for hydroxylation is 1. The third-order valence-electron chi connectivity index (χ3n) is 6.73. The van der Waals surface area contributed by atoms with Gasteiger partial charge in [-0.15, -0.1) is 0 Å². The Hall–Kier alpha value is -5.29. The van der Waals surface area contributed by atoms with Gasteiger partial charge in [-0.3, -0.25) is 19.5 Å². The van der Waals surface area contributed by atoms with Crippen LogP contribution in [-0.2, 0) is 20.9 Å². The maximum atomic E-state index is 13.6. The molecule has 2 aromatic carbocycles. The third-order valence-corrected chi connectivity index (χ3v) is 7.86. The Balaban J connectivity index is 1.62. The van der Waals surface area contributed by atoms with Crippen LogP contribution in [0.4, 0.5) is 5.13 Å². The lowest BCUT2D eigenvalue weighted by Gasteiger charge is -2.24. The van der Waals surface area contributed by atoms with Gasteiger partial charge in [0.25, 0.3) is 5.78 Å². The Bertz CT molecular complexity index is 1730. The number of carbonyl (C=O) groups excluding carboxylic acids is 3. The van der Waals surface area contributed by atoms with E-state index in [4.69, 9.17) is 14.2 Å². The Labute approximate surface area is 257 Å². The summed E-state index contributed by atoms with van der Waals surface area (Å²) in [6.45, 7) is 7.61. The van der Waals surface area contributed by atoms with Crippen LogP contribution in [0.3, 0.4) is 0 Å². The van der Waals surface area contributed by atoms with E-state index in [2.05, 4.69) is 16.5 Å². The van der Waals surface area contributed by atoms with Crippen molar-refractivity contribution < 1.29 is 33.7 Å². The summed E-state index contributed by atoms with van der Waals surface area (Å²) in [7, 11) is 0. The molecular weight excluding hydrogens is 582 g/mol. The average molecular weight is 612 g/mol. The first kappa shape index (κ1) is 30.2. The van der Waals surface area contributed by atoms with E-state index in [9.17, 15) is 19.5 Å². The number of benzene rings is 2. The molecule has 1 aliphatic heterocycles. The fourth-order valence-electron chi connectivity index (χ4n) is 4.70. The number of aromatic nitrogens is 2. The molecule has 3 heterocycles. The number of amides is 1. The SMILES string of the molecule is C=CCOC(=O)c1sc(N2C(=O)C(=O)/C(=C(/O)c3ccncc3)C2c2ccc(OCc3ccccc3)c(OCC)c2)nc1C. The highest BCUT2D eigenvalue weighted by atomic mass is 32.1. The molecule has 44 heavy (non-hydrogen) atoms. The van der Waals surface area contributed by atoms with Gasteiger partial charge in [0.2, 0.25) is 0 Å². The highest BCUT2D eigenvalue weighted by Gasteiger charge is 2.48. The Morgan fingerprint density at radius 2 is 1.82 bits per heavy atom. The monoisotopic (exact) mass is 611 g/mol. The van der Waals surface area contributed by atoms with Gasteiger partial charge in [0.05, 0.1) is 23.9 Å². The minimum absolute atomic E-state index is 0.000844. The number of ketones is 1. The van der Waals surface area contributed by atoms with Crippen LogP contribution in [0.2, 0.25) is 0 Å². The summed E-state index contributed by atoms with van der Waals surface area (Å²) >= 11 is 0.915. The summed E-state index contributed by atoms with van der Waals surface area (Å²) in [4.78, 5) is 49.7. The fraction of sp³-hybridized carbons (Fsp3) is 0.182. The zero-order valence-electron chi connectivity index (χ0n) is 24.1. The normalized spacial score (nSPS) is 15.7. The molecule has 0 bridgehead atoms. The minimum Gasteiger partial charge on any atom is -0.507 e. The van der Waals surface area contributed by atoms with Gasteiger partial charge in [0.1, 0.15) is 23.9 Å². The lowest BCUT2D eigenvalue weighted by Crippen LogP contribution is -2.29. The van der Waals surface area contributed by atoms with Crippen molar-refractivity contribution in [2.75, 3.05) is 18.1 Å². The highest BCUT2D eigenvalue weighted by Crippen LogP contribution is 2.45. The molecule has 5 rings (SSSR count). The number of Topliss-reactive ketones (excluding diaryl/α,β-unsaturated/α-hetero) is 1. The molecule has 0 aliphatic carbocycles. The summed E-state index contributed by atoms with van der Waals surface area (Å²) in [5.74, 6) is -1.97. The Morgan fingerprint density at radius 1 is 1.07 bits per heavy atom. The first-order valence-corrected chi connectivity index (χ1v) is 14.6. The number of anilines is 1. The summed E-state index contributed by atoms with van der Waals surface area (Å²) in [6, 6.07) is 16.7. The minimum atomic E-state index is -1.10. The van der Waals surface area contributed by atoms with Crippen LogP contribution in [0, 0.1) is 6.92 Å². The molecule has 1 saturated heterocycles. The molecule has 1 unspecified atom stereocenters. The average Bonchev–Trinajstić information content (AvgIpc) is 3.55. The van der Waals surface area contributed by atoms with E-state index >= 15 is 0 Å². The molecule has 4 aromatic rings. The van der Waals surface area contributed by atoms with Crippen LogP contribution >= 0.6 is 11.3 Å². The van der Waals surface area contributed by atoms with E-state index in [1.165, 1.54) is 35.5 Å². The quantitative estimate of drug-likeness (QED) is 0.0736. The molecule has 2 aromatic heterocycles. The topological polar surface area (TPSA) is 128 Å². The zero-order chi connectivity index (χ0) is 31.2. The molecule has 11 heteroatoms. The van der Waals surface area contributed by atoms with Gasteiger partial charge in [-0.05, 0) is 49.2 Å².